The van der Waals surface area contributed by atoms with Gasteiger partial charge in [0.2, 0.25) is 0 Å². The van der Waals surface area contributed by atoms with E-state index < -0.39 is 0 Å². The summed E-state index contributed by atoms with van der Waals surface area (Å²) in [6, 6.07) is 0.773. The van der Waals surface area contributed by atoms with Crippen molar-refractivity contribution in [3.05, 3.63) is 0 Å². The topological polar surface area (TPSA) is 37.4 Å². The lowest BCUT2D eigenvalue weighted by atomic mass is 9.44. The first-order valence-corrected chi connectivity index (χ1v) is 12.1. The number of likely N-dealkylation sites (tertiary alicyclic amines) is 1. The van der Waals surface area contributed by atoms with Crippen molar-refractivity contribution >= 4 is 11.6 Å². The standard InChI is InChI=1S/C25H39NO2/c1-16(27)20-8-9-21-19-7-6-17-14-18(26-12-4-5-13-26)10-11-24(17,2)23(19)22(28)15-25(20,21)3/h17-21,23H,4-15H2,1-3H3/t17-,18+,19+,20-,21+,23-,24+,25-/m1/s1. The van der Waals surface area contributed by atoms with E-state index in [1.165, 1.54) is 64.5 Å². The summed E-state index contributed by atoms with van der Waals surface area (Å²) in [6.07, 6.45) is 12.0. The molecule has 5 rings (SSSR count). The van der Waals surface area contributed by atoms with Crippen LogP contribution in [0.2, 0.25) is 0 Å². The number of carbonyl (C=O) groups excluding carboxylic acids is 2. The molecule has 0 aromatic rings. The van der Waals surface area contributed by atoms with Crippen molar-refractivity contribution in [3.8, 4) is 0 Å². The predicted octanol–water partition coefficient (Wildman–Crippen LogP) is 4.88. The maximum Gasteiger partial charge on any atom is 0.137 e. The molecule has 1 saturated heterocycles. The Kier molecular flexibility index (Phi) is 4.58. The summed E-state index contributed by atoms with van der Waals surface area (Å²) >= 11 is 0. The average molecular weight is 386 g/mol. The average Bonchev–Trinajstić information content (AvgIpc) is 3.27. The molecule has 1 aliphatic heterocycles. The van der Waals surface area contributed by atoms with E-state index in [-0.39, 0.29) is 22.7 Å². The van der Waals surface area contributed by atoms with Crippen LogP contribution in [-0.4, -0.2) is 35.6 Å². The first-order valence-electron chi connectivity index (χ1n) is 12.1. The van der Waals surface area contributed by atoms with Crippen molar-refractivity contribution in [3.63, 3.8) is 0 Å². The van der Waals surface area contributed by atoms with E-state index in [0.29, 0.717) is 29.8 Å². The Morgan fingerprint density at radius 3 is 2.46 bits per heavy atom. The summed E-state index contributed by atoms with van der Waals surface area (Å²) in [5, 5.41) is 0. The summed E-state index contributed by atoms with van der Waals surface area (Å²) in [6.45, 7) is 9.11. The molecule has 5 aliphatic rings. The van der Waals surface area contributed by atoms with Gasteiger partial charge < -0.3 is 4.90 Å². The van der Waals surface area contributed by atoms with Crippen LogP contribution in [-0.2, 0) is 9.59 Å². The van der Waals surface area contributed by atoms with Gasteiger partial charge in [0.1, 0.15) is 11.6 Å². The molecule has 3 nitrogen and oxygen atoms in total. The highest BCUT2D eigenvalue weighted by molar-refractivity contribution is 5.87. The van der Waals surface area contributed by atoms with Crippen molar-refractivity contribution in [2.75, 3.05) is 13.1 Å². The van der Waals surface area contributed by atoms with Gasteiger partial charge in [-0.25, -0.2) is 0 Å². The summed E-state index contributed by atoms with van der Waals surface area (Å²) in [4.78, 5) is 28.7. The van der Waals surface area contributed by atoms with E-state index in [1.807, 2.05) is 0 Å². The van der Waals surface area contributed by atoms with E-state index in [0.717, 1.165) is 18.4 Å². The zero-order valence-electron chi connectivity index (χ0n) is 18.2. The van der Waals surface area contributed by atoms with Gasteiger partial charge in [0, 0.05) is 24.3 Å². The molecule has 28 heavy (non-hydrogen) atoms. The van der Waals surface area contributed by atoms with Crippen LogP contribution in [0.1, 0.15) is 85.0 Å². The molecule has 0 unspecified atom stereocenters. The quantitative estimate of drug-likeness (QED) is 0.680. The third-order valence-electron chi connectivity index (χ3n) is 10.5. The van der Waals surface area contributed by atoms with Crippen molar-refractivity contribution in [1.29, 1.82) is 0 Å². The minimum absolute atomic E-state index is 0.0555. The maximum atomic E-state index is 13.6. The second kappa shape index (κ2) is 6.65. The number of carbonyl (C=O) groups is 2. The van der Waals surface area contributed by atoms with Gasteiger partial charge in [0.25, 0.3) is 0 Å². The van der Waals surface area contributed by atoms with Gasteiger partial charge in [-0.15, -0.1) is 0 Å². The lowest BCUT2D eigenvalue weighted by molar-refractivity contribution is -0.160. The van der Waals surface area contributed by atoms with Gasteiger partial charge in [-0.05, 0) is 106 Å². The molecule has 0 radical (unpaired) electrons. The molecule has 3 heteroatoms. The minimum Gasteiger partial charge on any atom is -0.300 e. The van der Waals surface area contributed by atoms with Crippen LogP contribution < -0.4 is 0 Å². The van der Waals surface area contributed by atoms with Crippen LogP contribution in [0.25, 0.3) is 0 Å². The number of ketones is 2. The molecule has 0 spiro atoms. The Morgan fingerprint density at radius 1 is 1.00 bits per heavy atom. The fraction of sp³-hybridized carbons (Fsp3) is 0.920. The molecule has 4 saturated carbocycles. The lowest BCUT2D eigenvalue weighted by Crippen LogP contribution is -2.58. The Bertz CT molecular complexity index is 667. The minimum atomic E-state index is -0.0555. The SMILES string of the molecule is CC(=O)[C@H]1CC[C@H]2[C@@H]3CC[C@@H]4C[C@@H](N5CCCC5)CC[C@]4(C)[C@H]3C(=O)C[C@]12C. The number of hydrogen-bond acceptors (Lipinski definition) is 3. The Balaban J connectivity index is 1.40. The highest BCUT2D eigenvalue weighted by Gasteiger charge is 2.63. The second-order valence-electron chi connectivity index (χ2n) is 11.6. The Morgan fingerprint density at radius 2 is 1.75 bits per heavy atom. The summed E-state index contributed by atoms with van der Waals surface area (Å²) in [5.41, 5.74) is 0.159. The number of hydrogen-bond donors (Lipinski definition) is 0. The number of rotatable bonds is 2. The molecule has 8 atom stereocenters. The van der Waals surface area contributed by atoms with Crippen LogP contribution in [0.3, 0.4) is 0 Å². The zero-order chi connectivity index (χ0) is 19.7. The van der Waals surface area contributed by atoms with Crippen molar-refractivity contribution in [1.82, 2.24) is 4.90 Å². The van der Waals surface area contributed by atoms with Gasteiger partial charge in [-0.1, -0.05) is 13.8 Å². The highest BCUT2D eigenvalue weighted by Crippen LogP contribution is 2.66. The van der Waals surface area contributed by atoms with Crippen molar-refractivity contribution in [2.45, 2.75) is 91.0 Å². The van der Waals surface area contributed by atoms with Crippen LogP contribution in [0.4, 0.5) is 0 Å². The molecular formula is C25H39NO2. The van der Waals surface area contributed by atoms with E-state index in [4.69, 9.17) is 0 Å². The number of nitrogens with zero attached hydrogens (tertiary/aromatic N) is 1. The molecule has 0 bridgehead atoms. The van der Waals surface area contributed by atoms with E-state index in [1.54, 1.807) is 6.92 Å². The van der Waals surface area contributed by atoms with E-state index in [2.05, 4.69) is 18.7 Å². The van der Waals surface area contributed by atoms with Crippen molar-refractivity contribution in [2.24, 2.45) is 40.4 Å². The Labute approximate surface area is 171 Å². The monoisotopic (exact) mass is 385 g/mol. The number of Topliss-reactive ketones (excluding diaryl/α,β-unsaturated/α-hetero) is 2. The smallest absolute Gasteiger partial charge is 0.137 e. The van der Waals surface area contributed by atoms with Gasteiger partial charge in [-0.2, -0.15) is 0 Å². The summed E-state index contributed by atoms with van der Waals surface area (Å²) < 4.78 is 0. The molecule has 4 aliphatic carbocycles. The Hall–Kier alpha value is -0.700. The van der Waals surface area contributed by atoms with Crippen LogP contribution in [0.15, 0.2) is 0 Å². The molecule has 156 valence electrons. The highest BCUT2D eigenvalue weighted by atomic mass is 16.1. The summed E-state index contributed by atoms with van der Waals surface area (Å²) in [7, 11) is 0. The largest absolute Gasteiger partial charge is 0.300 e. The van der Waals surface area contributed by atoms with Crippen LogP contribution in [0.5, 0.6) is 0 Å². The fourth-order valence-electron chi connectivity index (χ4n) is 9.16. The van der Waals surface area contributed by atoms with Crippen molar-refractivity contribution < 1.29 is 9.59 Å². The first kappa shape index (κ1) is 19.3. The van der Waals surface area contributed by atoms with Crippen LogP contribution >= 0.6 is 0 Å². The summed E-state index contributed by atoms with van der Waals surface area (Å²) in [5.74, 6) is 3.10. The normalized spacial score (nSPS) is 51.5. The van der Waals surface area contributed by atoms with Gasteiger partial charge >= 0.3 is 0 Å². The molecule has 0 aromatic carbocycles. The van der Waals surface area contributed by atoms with E-state index >= 15 is 0 Å². The third-order valence-corrected chi connectivity index (χ3v) is 10.5. The lowest BCUT2D eigenvalue weighted by Gasteiger charge is -2.60. The molecule has 0 N–H and O–H groups in total. The third kappa shape index (κ3) is 2.63. The predicted molar refractivity (Wildman–Crippen MR) is 111 cm³/mol. The van der Waals surface area contributed by atoms with Gasteiger partial charge in [0.05, 0.1) is 0 Å². The van der Waals surface area contributed by atoms with Gasteiger partial charge in [-0.3, -0.25) is 9.59 Å². The molecule has 0 aromatic heterocycles. The fourth-order valence-corrected chi connectivity index (χ4v) is 9.16. The molecule has 1 heterocycles. The second-order valence-corrected chi connectivity index (χ2v) is 11.6. The zero-order valence-corrected chi connectivity index (χ0v) is 18.2. The number of fused-ring (bicyclic) bond motifs is 5. The molecular weight excluding hydrogens is 346 g/mol. The van der Waals surface area contributed by atoms with Crippen LogP contribution in [0, 0.1) is 40.4 Å². The molecule has 0 amide bonds. The van der Waals surface area contributed by atoms with Gasteiger partial charge in [0.15, 0.2) is 0 Å². The molecule has 5 fully saturated rings. The first-order chi connectivity index (χ1) is 13.3. The maximum absolute atomic E-state index is 13.6. The van der Waals surface area contributed by atoms with E-state index in [9.17, 15) is 9.59 Å².